The van der Waals surface area contributed by atoms with Crippen LogP contribution >= 0.6 is 27.3 Å². The first-order valence-corrected chi connectivity index (χ1v) is 10.0. The van der Waals surface area contributed by atoms with Gasteiger partial charge in [-0.3, -0.25) is 14.9 Å². The van der Waals surface area contributed by atoms with Gasteiger partial charge in [-0.15, -0.1) is 10.2 Å². The van der Waals surface area contributed by atoms with E-state index in [0.717, 1.165) is 26.5 Å². The van der Waals surface area contributed by atoms with Crippen LogP contribution in [0.4, 0.5) is 5.13 Å². The van der Waals surface area contributed by atoms with Crippen molar-refractivity contribution in [1.82, 2.24) is 20.6 Å². The van der Waals surface area contributed by atoms with Crippen molar-refractivity contribution in [3.8, 4) is 10.6 Å². The molecule has 0 radical (unpaired) electrons. The number of hydrogen-bond donors (Lipinski definition) is 3. The van der Waals surface area contributed by atoms with Crippen molar-refractivity contribution in [3.63, 3.8) is 0 Å². The van der Waals surface area contributed by atoms with E-state index in [1.807, 2.05) is 48.5 Å². The van der Waals surface area contributed by atoms with E-state index in [1.54, 1.807) is 6.20 Å². The zero-order chi connectivity index (χ0) is 20.2. The maximum absolute atomic E-state index is 12.0. The highest BCUT2D eigenvalue weighted by atomic mass is 79.9. The van der Waals surface area contributed by atoms with Gasteiger partial charge in [0.1, 0.15) is 5.01 Å². The number of fused-ring (bicyclic) bond motifs is 1. The molecule has 2 amide bonds. The lowest BCUT2D eigenvalue weighted by molar-refractivity contribution is -0.136. The van der Waals surface area contributed by atoms with E-state index in [-0.39, 0.29) is 5.13 Å². The first-order valence-electron chi connectivity index (χ1n) is 8.40. The lowest BCUT2D eigenvalue weighted by Gasteiger charge is -1.99. The Balaban J connectivity index is 1.37. The van der Waals surface area contributed by atoms with E-state index in [0.29, 0.717) is 5.01 Å². The number of hydrazone groups is 1. The second-order valence-electron chi connectivity index (χ2n) is 5.87. The molecule has 0 spiro atoms. The van der Waals surface area contributed by atoms with E-state index in [9.17, 15) is 9.59 Å². The van der Waals surface area contributed by atoms with Crippen LogP contribution < -0.4 is 10.7 Å². The fraction of sp³-hybridized carbons (Fsp3) is 0. The van der Waals surface area contributed by atoms with Crippen LogP contribution in [-0.2, 0) is 9.59 Å². The smallest absolute Gasteiger partial charge is 0.329 e. The van der Waals surface area contributed by atoms with Crippen LogP contribution in [0.3, 0.4) is 0 Å². The number of aromatic nitrogens is 3. The predicted octanol–water partition coefficient (Wildman–Crippen LogP) is 3.54. The van der Waals surface area contributed by atoms with Gasteiger partial charge < -0.3 is 4.98 Å². The highest BCUT2D eigenvalue weighted by Crippen LogP contribution is 2.25. The molecule has 0 aliphatic rings. The number of carbonyl (C=O) groups is 2. The Morgan fingerprint density at radius 3 is 2.76 bits per heavy atom. The van der Waals surface area contributed by atoms with Gasteiger partial charge in [0.05, 0.1) is 6.21 Å². The second kappa shape index (κ2) is 8.33. The van der Waals surface area contributed by atoms with Crippen LogP contribution in [0.2, 0.25) is 0 Å². The SMILES string of the molecule is O=C(N/N=C\c1c[nH]c2ccc(Br)cc12)C(=O)Nc1nnc(-c2ccccc2)s1. The summed E-state index contributed by atoms with van der Waals surface area (Å²) in [5.41, 5.74) is 4.80. The van der Waals surface area contributed by atoms with Gasteiger partial charge in [-0.2, -0.15) is 5.10 Å². The Morgan fingerprint density at radius 1 is 1.10 bits per heavy atom. The summed E-state index contributed by atoms with van der Waals surface area (Å²) in [6, 6.07) is 15.2. The molecule has 4 rings (SSSR count). The lowest BCUT2D eigenvalue weighted by Crippen LogP contribution is -2.32. The van der Waals surface area contributed by atoms with Crippen molar-refractivity contribution in [2.45, 2.75) is 0 Å². The molecule has 8 nitrogen and oxygen atoms in total. The molecule has 2 heterocycles. The summed E-state index contributed by atoms with van der Waals surface area (Å²) in [5.74, 6) is -1.78. The van der Waals surface area contributed by atoms with Crippen molar-refractivity contribution >= 4 is 61.3 Å². The van der Waals surface area contributed by atoms with Crippen molar-refractivity contribution in [2.75, 3.05) is 5.32 Å². The summed E-state index contributed by atoms with van der Waals surface area (Å²) in [7, 11) is 0. The Kier molecular flexibility index (Phi) is 5.45. The molecule has 144 valence electrons. The molecule has 3 N–H and O–H groups in total. The van der Waals surface area contributed by atoms with Gasteiger partial charge in [0.25, 0.3) is 0 Å². The number of rotatable bonds is 4. The maximum atomic E-state index is 12.0. The zero-order valence-electron chi connectivity index (χ0n) is 14.7. The highest BCUT2D eigenvalue weighted by Gasteiger charge is 2.16. The van der Waals surface area contributed by atoms with E-state index >= 15 is 0 Å². The van der Waals surface area contributed by atoms with Crippen LogP contribution in [0.15, 0.2) is 64.3 Å². The predicted molar refractivity (Wildman–Crippen MR) is 116 cm³/mol. The summed E-state index contributed by atoms with van der Waals surface area (Å²) < 4.78 is 0.926. The number of nitrogens with one attached hydrogen (secondary N) is 3. The number of anilines is 1. The molecule has 2 aromatic carbocycles. The number of benzene rings is 2. The third-order valence-corrected chi connectivity index (χ3v) is 5.30. The number of aromatic amines is 1. The molecule has 4 aromatic rings. The summed E-state index contributed by atoms with van der Waals surface area (Å²) >= 11 is 4.59. The third-order valence-electron chi connectivity index (χ3n) is 3.92. The van der Waals surface area contributed by atoms with E-state index in [4.69, 9.17) is 0 Å². The highest BCUT2D eigenvalue weighted by molar-refractivity contribution is 9.10. The molecule has 0 aliphatic heterocycles. The topological polar surface area (TPSA) is 112 Å². The van der Waals surface area contributed by atoms with E-state index in [1.165, 1.54) is 17.6 Å². The van der Waals surface area contributed by atoms with Gasteiger partial charge in [-0.05, 0) is 18.2 Å². The average molecular weight is 469 g/mol. The molecule has 0 aliphatic carbocycles. The van der Waals surface area contributed by atoms with Crippen molar-refractivity contribution in [1.29, 1.82) is 0 Å². The van der Waals surface area contributed by atoms with Crippen molar-refractivity contribution in [2.24, 2.45) is 5.10 Å². The Morgan fingerprint density at radius 2 is 1.93 bits per heavy atom. The molecule has 2 aromatic heterocycles. The van der Waals surface area contributed by atoms with Crippen molar-refractivity contribution in [3.05, 3.63) is 64.8 Å². The first-order chi connectivity index (χ1) is 14.1. The fourth-order valence-electron chi connectivity index (χ4n) is 2.56. The molecule has 0 bridgehead atoms. The maximum Gasteiger partial charge on any atom is 0.329 e. The van der Waals surface area contributed by atoms with Crippen molar-refractivity contribution < 1.29 is 9.59 Å². The molecular weight excluding hydrogens is 456 g/mol. The Hall–Kier alpha value is -3.37. The van der Waals surface area contributed by atoms with Gasteiger partial charge >= 0.3 is 11.8 Å². The molecule has 0 unspecified atom stereocenters. The normalized spacial score (nSPS) is 11.1. The zero-order valence-corrected chi connectivity index (χ0v) is 17.1. The third kappa shape index (κ3) is 4.39. The van der Waals surface area contributed by atoms with Crippen LogP contribution in [0.1, 0.15) is 5.56 Å². The number of H-pyrrole nitrogens is 1. The van der Waals surface area contributed by atoms with Gasteiger partial charge in [0.2, 0.25) is 5.13 Å². The Bertz CT molecular complexity index is 1220. The number of nitrogens with zero attached hydrogens (tertiary/aromatic N) is 3. The lowest BCUT2D eigenvalue weighted by atomic mass is 10.2. The van der Waals surface area contributed by atoms with E-state index < -0.39 is 11.8 Å². The summed E-state index contributed by atoms with van der Waals surface area (Å²) in [4.78, 5) is 27.1. The quantitative estimate of drug-likeness (QED) is 0.241. The van der Waals surface area contributed by atoms with Gasteiger partial charge in [0.15, 0.2) is 0 Å². The average Bonchev–Trinajstić information content (AvgIpc) is 3.35. The number of amides is 2. The largest absolute Gasteiger partial charge is 0.361 e. The number of hydrogen-bond acceptors (Lipinski definition) is 6. The molecule has 29 heavy (non-hydrogen) atoms. The Labute approximate surface area is 177 Å². The minimum absolute atomic E-state index is 0.231. The minimum atomic E-state index is -0.904. The molecule has 0 atom stereocenters. The summed E-state index contributed by atoms with van der Waals surface area (Å²) in [5, 5.41) is 16.0. The molecule has 0 saturated heterocycles. The minimum Gasteiger partial charge on any atom is -0.361 e. The van der Waals surface area contributed by atoms with Crippen LogP contribution in [0.25, 0.3) is 21.5 Å². The fourth-order valence-corrected chi connectivity index (χ4v) is 3.66. The summed E-state index contributed by atoms with van der Waals surface area (Å²) in [6.07, 6.45) is 3.23. The van der Waals surface area contributed by atoms with Crippen LogP contribution in [-0.4, -0.2) is 33.2 Å². The standard InChI is InChI=1S/C19H13BrN6O2S/c20-13-6-7-15-14(8-13)12(9-21-15)10-22-24-17(28)16(27)23-19-26-25-18(29-19)11-4-2-1-3-5-11/h1-10,21H,(H,24,28)(H,23,26,27)/b22-10-. The van der Waals surface area contributed by atoms with Crippen LogP contribution in [0.5, 0.6) is 0 Å². The van der Waals surface area contributed by atoms with Gasteiger partial charge in [0, 0.05) is 32.7 Å². The monoisotopic (exact) mass is 468 g/mol. The van der Waals surface area contributed by atoms with Crippen LogP contribution in [0, 0.1) is 0 Å². The molecule has 0 fully saturated rings. The van der Waals surface area contributed by atoms with E-state index in [2.05, 4.69) is 47.0 Å². The summed E-state index contributed by atoms with van der Waals surface area (Å²) in [6.45, 7) is 0. The van der Waals surface area contributed by atoms with Gasteiger partial charge in [-0.25, -0.2) is 5.43 Å². The number of halogens is 1. The number of carbonyl (C=O) groups excluding carboxylic acids is 2. The second-order valence-corrected chi connectivity index (χ2v) is 7.76. The molecule has 0 saturated carbocycles. The first kappa shape index (κ1) is 19.0. The molecule has 10 heteroatoms. The van der Waals surface area contributed by atoms with Gasteiger partial charge in [-0.1, -0.05) is 57.6 Å². The molecular formula is C19H13BrN6O2S.